The van der Waals surface area contributed by atoms with Crippen molar-refractivity contribution in [3.05, 3.63) is 52.0 Å². The first-order valence-corrected chi connectivity index (χ1v) is 10.9. The van der Waals surface area contributed by atoms with Gasteiger partial charge in [-0.2, -0.15) is 0 Å². The number of nitrogens with zero attached hydrogens (tertiary/aromatic N) is 2. The van der Waals surface area contributed by atoms with E-state index in [1.165, 1.54) is 19.1 Å². The summed E-state index contributed by atoms with van der Waals surface area (Å²) in [5, 5.41) is 11.6. The first-order valence-electron chi connectivity index (χ1n) is 7.86. The van der Waals surface area contributed by atoms with Crippen LogP contribution in [0.3, 0.4) is 0 Å². The fourth-order valence-corrected chi connectivity index (χ4v) is 5.64. The number of carbonyl (C=O) groups is 1. The minimum atomic E-state index is -3.96. The molecule has 0 aliphatic carbocycles. The standard InChI is InChI=1S/C17H14Cl2N4O3S2/c1-9-7-12(18)8-14(19)15(9)28(25,26)23-17-22-21-16(27-17)11-3-5-13(6-4-11)20-10(2)24/h3-8H,1-2H3,(H,20,24)(H,22,23). The van der Waals surface area contributed by atoms with Crippen LogP contribution in [0, 0.1) is 6.92 Å². The second-order valence-electron chi connectivity index (χ2n) is 5.81. The summed E-state index contributed by atoms with van der Waals surface area (Å²) >= 11 is 13.0. The molecule has 1 aromatic heterocycles. The van der Waals surface area contributed by atoms with Crippen molar-refractivity contribution in [2.45, 2.75) is 18.7 Å². The number of sulfonamides is 1. The maximum absolute atomic E-state index is 12.7. The van der Waals surface area contributed by atoms with Gasteiger partial charge in [-0.15, -0.1) is 10.2 Å². The molecule has 146 valence electrons. The van der Waals surface area contributed by atoms with Crippen LogP contribution >= 0.6 is 34.5 Å². The molecule has 0 aliphatic heterocycles. The molecule has 0 saturated heterocycles. The molecule has 0 radical (unpaired) electrons. The Bertz CT molecular complexity index is 1120. The van der Waals surface area contributed by atoms with Gasteiger partial charge >= 0.3 is 0 Å². The highest BCUT2D eigenvalue weighted by Gasteiger charge is 2.23. The number of anilines is 2. The average molecular weight is 457 g/mol. The van der Waals surface area contributed by atoms with Gasteiger partial charge in [0.1, 0.15) is 9.90 Å². The van der Waals surface area contributed by atoms with Crippen LogP contribution in [0.25, 0.3) is 10.6 Å². The molecule has 2 aromatic carbocycles. The number of rotatable bonds is 5. The van der Waals surface area contributed by atoms with Crippen LogP contribution in [-0.2, 0) is 14.8 Å². The van der Waals surface area contributed by atoms with Gasteiger partial charge in [-0.1, -0.05) is 34.5 Å². The first-order chi connectivity index (χ1) is 13.2. The maximum Gasteiger partial charge on any atom is 0.265 e. The van der Waals surface area contributed by atoms with E-state index in [-0.39, 0.29) is 21.0 Å². The van der Waals surface area contributed by atoms with Crippen molar-refractivity contribution in [1.82, 2.24) is 10.2 Å². The molecule has 3 aromatic rings. The molecule has 0 fully saturated rings. The van der Waals surface area contributed by atoms with Crippen LogP contribution in [0.1, 0.15) is 12.5 Å². The third-order valence-corrected chi connectivity index (χ3v) is 6.75. The zero-order chi connectivity index (χ0) is 20.5. The van der Waals surface area contributed by atoms with Crippen molar-refractivity contribution in [3.8, 4) is 10.6 Å². The minimum absolute atomic E-state index is 0.0239. The molecule has 0 atom stereocenters. The highest BCUT2D eigenvalue weighted by Crippen LogP contribution is 2.32. The van der Waals surface area contributed by atoms with Gasteiger partial charge in [0.25, 0.3) is 10.0 Å². The number of aromatic nitrogens is 2. The summed E-state index contributed by atoms with van der Waals surface area (Å²) in [6, 6.07) is 9.84. The Hall–Kier alpha value is -2.20. The van der Waals surface area contributed by atoms with Crippen molar-refractivity contribution in [2.75, 3.05) is 10.0 Å². The predicted octanol–water partition coefficient (Wildman–Crippen LogP) is 4.58. The van der Waals surface area contributed by atoms with Gasteiger partial charge in [0.2, 0.25) is 11.0 Å². The fourth-order valence-electron chi connectivity index (χ4n) is 2.48. The van der Waals surface area contributed by atoms with Crippen molar-refractivity contribution in [2.24, 2.45) is 0 Å². The summed E-state index contributed by atoms with van der Waals surface area (Å²) in [4.78, 5) is 11.0. The molecule has 0 unspecified atom stereocenters. The van der Waals surface area contributed by atoms with Crippen molar-refractivity contribution in [3.63, 3.8) is 0 Å². The molecule has 0 bridgehead atoms. The molecule has 11 heteroatoms. The minimum Gasteiger partial charge on any atom is -0.326 e. The second kappa shape index (κ2) is 8.04. The number of hydrogen-bond donors (Lipinski definition) is 2. The Morgan fingerprint density at radius 1 is 1.11 bits per heavy atom. The highest BCUT2D eigenvalue weighted by atomic mass is 35.5. The van der Waals surface area contributed by atoms with Crippen LogP contribution in [-0.4, -0.2) is 24.5 Å². The summed E-state index contributed by atoms with van der Waals surface area (Å²) in [7, 11) is -3.96. The van der Waals surface area contributed by atoms with E-state index in [4.69, 9.17) is 23.2 Å². The number of amides is 1. The smallest absolute Gasteiger partial charge is 0.265 e. The Morgan fingerprint density at radius 3 is 2.39 bits per heavy atom. The number of benzene rings is 2. The summed E-state index contributed by atoms with van der Waals surface area (Å²) in [6.07, 6.45) is 0. The number of hydrogen-bond acceptors (Lipinski definition) is 6. The molecule has 0 aliphatic rings. The van der Waals surface area contributed by atoms with E-state index in [1.807, 2.05) is 0 Å². The van der Waals surface area contributed by atoms with Gasteiger partial charge in [-0.3, -0.25) is 9.52 Å². The Kier molecular flexibility index (Phi) is 5.90. The molecule has 0 saturated carbocycles. The lowest BCUT2D eigenvalue weighted by molar-refractivity contribution is -0.114. The van der Waals surface area contributed by atoms with Gasteiger partial charge in [-0.05, 0) is 48.9 Å². The molecule has 1 heterocycles. The van der Waals surface area contributed by atoms with Crippen LogP contribution in [0.5, 0.6) is 0 Å². The van der Waals surface area contributed by atoms with E-state index < -0.39 is 10.0 Å². The molecule has 2 N–H and O–H groups in total. The molecule has 0 spiro atoms. The van der Waals surface area contributed by atoms with Gasteiger partial charge < -0.3 is 5.32 Å². The van der Waals surface area contributed by atoms with Crippen LogP contribution in [0.15, 0.2) is 41.3 Å². The van der Waals surface area contributed by atoms with Crippen molar-refractivity contribution >= 4 is 61.3 Å². The number of halogens is 2. The van der Waals surface area contributed by atoms with E-state index in [9.17, 15) is 13.2 Å². The topological polar surface area (TPSA) is 101 Å². The molecule has 28 heavy (non-hydrogen) atoms. The number of carbonyl (C=O) groups excluding carboxylic acids is 1. The van der Waals surface area contributed by atoms with Gasteiger partial charge in [0.15, 0.2) is 0 Å². The number of aryl methyl sites for hydroxylation is 1. The zero-order valence-corrected chi connectivity index (χ0v) is 17.8. The maximum atomic E-state index is 12.7. The Morgan fingerprint density at radius 2 is 1.79 bits per heavy atom. The number of nitrogens with one attached hydrogen (secondary N) is 2. The van der Waals surface area contributed by atoms with Crippen LogP contribution in [0.2, 0.25) is 10.0 Å². The molecular weight excluding hydrogens is 443 g/mol. The lowest BCUT2D eigenvalue weighted by Gasteiger charge is -2.10. The Balaban J connectivity index is 1.84. The fraction of sp³-hybridized carbons (Fsp3) is 0.118. The van der Waals surface area contributed by atoms with Gasteiger partial charge in [0.05, 0.1) is 5.02 Å². The quantitative estimate of drug-likeness (QED) is 0.584. The first kappa shape index (κ1) is 20.5. The summed E-state index contributed by atoms with van der Waals surface area (Å²) in [6.45, 7) is 3.03. The van der Waals surface area contributed by atoms with E-state index in [2.05, 4.69) is 20.2 Å². The third kappa shape index (κ3) is 4.61. The lowest BCUT2D eigenvalue weighted by Crippen LogP contribution is -2.14. The summed E-state index contributed by atoms with van der Waals surface area (Å²) in [5.74, 6) is -0.170. The highest BCUT2D eigenvalue weighted by molar-refractivity contribution is 7.93. The Labute approximate surface area is 175 Å². The largest absolute Gasteiger partial charge is 0.326 e. The molecule has 1 amide bonds. The summed E-state index contributed by atoms with van der Waals surface area (Å²) in [5.41, 5.74) is 1.80. The molecule has 7 nitrogen and oxygen atoms in total. The van der Waals surface area contributed by atoms with E-state index in [0.29, 0.717) is 21.3 Å². The average Bonchev–Trinajstić information content (AvgIpc) is 3.01. The van der Waals surface area contributed by atoms with E-state index >= 15 is 0 Å². The van der Waals surface area contributed by atoms with Crippen molar-refractivity contribution in [1.29, 1.82) is 0 Å². The monoisotopic (exact) mass is 456 g/mol. The zero-order valence-electron chi connectivity index (χ0n) is 14.7. The lowest BCUT2D eigenvalue weighted by atomic mass is 10.2. The van der Waals surface area contributed by atoms with Gasteiger partial charge in [-0.25, -0.2) is 8.42 Å². The normalized spacial score (nSPS) is 11.3. The van der Waals surface area contributed by atoms with Crippen molar-refractivity contribution < 1.29 is 13.2 Å². The van der Waals surface area contributed by atoms with Crippen LogP contribution in [0.4, 0.5) is 10.8 Å². The van der Waals surface area contributed by atoms with Gasteiger partial charge in [0, 0.05) is 23.2 Å². The second-order valence-corrected chi connectivity index (χ2v) is 9.25. The van der Waals surface area contributed by atoms with Crippen LogP contribution < -0.4 is 10.0 Å². The predicted molar refractivity (Wildman–Crippen MR) is 112 cm³/mol. The van der Waals surface area contributed by atoms with E-state index in [0.717, 1.165) is 16.9 Å². The SMILES string of the molecule is CC(=O)Nc1ccc(-c2nnc(NS(=O)(=O)c3c(C)cc(Cl)cc3Cl)s2)cc1. The summed E-state index contributed by atoms with van der Waals surface area (Å²) < 4.78 is 27.8. The van der Waals surface area contributed by atoms with E-state index in [1.54, 1.807) is 31.2 Å². The third-order valence-electron chi connectivity index (χ3n) is 3.56. The molecular formula is C17H14Cl2N4O3S2. The molecule has 3 rings (SSSR count).